The second-order valence-electron chi connectivity index (χ2n) is 7.52. The number of nitrogens with one attached hydrogen (secondary N) is 1. The lowest BCUT2D eigenvalue weighted by molar-refractivity contribution is -0.113. The number of phenols is 1. The number of methoxy groups -OCH3 is 1. The first-order valence-corrected chi connectivity index (χ1v) is 11.6. The summed E-state index contributed by atoms with van der Waals surface area (Å²) in [4.78, 5) is 27.7. The summed E-state index contributed by atoms with van der Waals surface area (Å²) in [5.41, 5.74) is 2.54. The molecule has 0 aliphatic carbocycles. The van der Waals surface area contributed by atoms with Crippen molar-refractivity contribution in [2.45, 2.75) is 0 Å². The zero-order valence-electron chi connectivity index (χ0n) is 18.2. The van der Waals surface area contributed by atoms with Crippen molar-refractivity contribution in [3.05, 3.63) is 87.8 Å². The number of hydrogen-bond donors (Lipinski definition) is 2. The summed E-state index contributed by atoms with van der Waals surface area (Å²) in [5.74, 6) is 0.0665. The van der Waals surface area contributed by atoms with Gasteiger partial charge in [-0.3, -0.25) is 14.5 Å². The van der Waals surface area contributed by atoms with Crippen molar-refractivity contribution in [1.82, 2.24) is 0 Å². The van der Waals surface area contributed by atoms with Gasteiger partial charge in [-0.05, 0) is 78.0 Å². The molecule has 2 amide bonds. The lowest BCUT2D eigenvalue weighted by Gasteiger charge is -2.15. The predicted molar refractivity (Wildman–Crippen MR) is 138 cm³/mol. The minimum atomic E-state index is -0.406. The van der Waals surface area contributed by atoms with Gasteiger partial charge in [0, 0.05) is 10.6 Å². The van der Waals surface area contributed by atoms with Gasteiger partial charge >= 0.3 is 0 Å². The minimum absolute atomic E-state index is 0.105. The van der Waals surface area contributed by atoms with Gasteiger partial charge in [-0.2, -0.15) is 0 Å². The van der Waals surface area contributed by atoms with Crippen molar-refractivity contribution in [3.63, 3.8) is 0 Å². The van der Waals surface area contributed by atoms with Gasteiger partial charge in [0.05, 0.1) is 23.4 Å². The number of amides is 2. The highest BCUT2D eigenvalue weighted by atomic mass is 35.5. The van der Waals surface area contributed by atoms with Crippen LogP contribution in [0.4, 0.5) is 11.4 Å². The maximum Gasteiger partial charge on any atom is 0.276 e. The highest BCUT2D eigenvalue weighted by Crippen LogP contribution is 2.37. The lowest BCUT2D eigenvalue weighted by Crippen LogP contribution is -2.28. The van der Waals surface area contributed by atoms with Crippen LogP contribution in [0.15, 0.2) is 81.8 Å². The SMILES string of the molecule is COc1ccc(N2C(=O)C(=Cc3ccc(O)cc3)SC2=NN=C2C(=O)Nc3ccc(Cl)cc32)cc1. The highest BCUT2D eigenvalue weighted by molar-refractivity contribution is 8.19. The molecular weight excluding hydrogens is 488 g/mol. The zero-order valence-corrected chi connectivity index (χ0v) is 19.8. The monoisotopic (exact) mass is 504 g/mol. The molecule has 2 heterocycles. The maximum absolute atomic E-state index is 13.4. The first-order chi connectivity index (χ1) is 16.9. The van der Waals surface area contributed by atoms with Crippen LogP contribution >= 0.6 is 23.4 Å². The Balaban J connectivity index is 1.56. The van der Waals surface area contributed by atoms with E-state index in [9.17, 15) is 14.7 Å². The lowest BCUT2D eigenvalue weighted by atomic mass is 10.1. The van der Waals surface area contributed by atoms with Crippen LogP contribution in [0.25, 0.3) is 6.08 Å². The number of anilines is 2. The first-order valence-electron chi connectivity index (χ1n) is 10.4. The van der Waals surface area contributed by atoms with Crippen molar-refractivity contribution in [1.29, 1.82) is 0 Å². The molecule has 1 saturated heterocycles. The Kier molecular flexibility index (Phi) is 6.02. The Morgan fingerprint density at radius 3 is 2.49 bits per heavy atom. The fourth-order valence-electron chi connectivity index (χ4n) is 3.54. The Morgan fingerprint density at radius 2 is 1.77 bits per heavy atom. The topological polar surface area (TPSA) is 104 Å². The number of fused-ring (bicyclic) bond motifs is 1. The molecule has 35 heavy (non-hydrogen) atoms. The third kappa shape index (κ3) is 4.51. The molecule has 2 aliphatic rings. The van der Waals surface area contributed by atoms with E-state index in [1.807, 2.05) is 0 Å². The van der Waals surface area contributed by atoms with E-state index in [0.29, 0.717) is 32.6 Å². The number of nitrogens with zero attached hydrogens (tertiary/aromatic N) is 3. The molecule has 5 rings (SSSR count). The molecule has 10 heteroatoms. The van der Waals surface area contributed by atoms with Gasteiger partial charge in [-0.15, -0.1) is 10.2 Å². The number of ether oxygens (including phenoxy) is 1. The Labute approximate surface area is 209 Å². The van der Waals surface area contributed by atoms with Gasteiger partial charge in [0.2, 0.25) is 5.17 Å². The molecule has 174 valence electrons. The van der Waals surface area contributed by atoms with E-state index in [2.05, 4.69) is 15.5 Å². The number of carbonyl (C=O) groups is 2. The number of aromatic hydroxyl groups is 1. The van der Waals surface area contributed by atoms with Crippen molar-refractivity contribution in [3.8, 4) is 11.5 Å². The van der Waals surface area contributed by atoms with Crippen molar-refractivity contribution in [2.24, 2.45) is 10.2 Å². The molecule has 2 N–H and O–H groups in total. The number of benzene rings is 3. The van der Waals surface area contributed by atoms with Gasteiger partial charge in [-0.25, -0.2) is 0 Å². The van der Waals surface area contributed by atoms with E-state index in [0.717, 1.165) is 17.3 Å². The summed E-state index contributed by atoms with van der Waals surface area (Å²) in [5, 5.41) is 21.5. The fourth-order valence-corrected chi connectivity index (χ4v) is 4.64. The summed E-state index contributed by atoms with van der Waals surface area (Å²) < 4.78 is 5.22. The maximum atomic E-state index is 13.4. The van der Waals surface area contributed by atoms with Crippen molar-refractivity contribution < 1.29 is 19.4 Å². The van der Waals surface area contributed by atoms with E-state index in [-0.39, 0.29) is 22.5 Å². The summed E-state index contributed by atoms with van der Waals surface area (Å²) >= 11 is 7.22. The molecule has 0 spiro atoms. The van der Waals surface area contributed by atoms with E-state index >= 15 is 0 Å². The van der Waals surface area contributed by atoms with Crippen LogP contribution in [0.2, 0.25) is 5.02 Å². The Morgan fingerprint density at radius 1 is 1.03 bits per heavy atom. The largest absolute Gasteiger partial charge is 0.508 e. The molecule has 0 bridgehead atoms. The Hall–Kier alpha value is -4.08. The van der Waals surface area contributed by atoms with Gasteiger partial charge < -0.3 is 15.2 Å². The molecule has 0 unspecified atom stereocenters. The van der Waals surface area contributed by atoms with E-state index in [1.165, 1.54) is 4.90 Å². The summed E-state index contributed by atoms with van der Waals surface area (Å²) in [6.07, 6.45) is 1.70. The van der Waals surface area contributed by atoms with Gasteiger partial charge in [0.15, 0.2) is 5.71 Å². The normalized spacial score (nSPS) is 18.5. The van der Waals surface area contributed by atoms with Crippen LogP contribution in [0.5, 0.6) is 11.5 Å². The predicted octanol–water partition coefficient (Wildman–Crippen LogP) is 4.89. The average Bonchev–Trinajstić information content (AvgIpc) is 3.34. The smallest absolute Gasteiger partial charge is 0.276 e. The van der Waals surface area contributed by atoms with Gasteiger partial charge in [0.1, 0.15) is 11.5 Å². The second kappa shape index (κ2) is 9.28. The molecule has 2 aliphatic heterocycles. The molecule has 8 nitrogen and oxygen atoms in total. The third-order valence-corrected chi connectivity index (χ3v) is 6.46. The van der Waals surface area contributed by atoms with Gasteiger partial charge in [-0.1, -0.05) is 23.7 Å². The van der Waals surface area contributed by atoms with Gasteiger partial charge in [0.25, 0.3) is 11.8 Å². The van der Waals surface area contributed by atoms with Crippen LogP contribution in [-0.4, -0.2) is 34.9 Å². The number of hydrogen-bond acceptors (Lipinski definition) is 7. The molecule has 3 aromatic carbocycles. The van der Waals surface area contributed by atoms with Crippen LogP contribution in [0.1, 0.15) is 11.1 Å². The average molecular weight is 505 g/mol. The van der Waals surface area contributed by atoms with Crippen LogP contribution in [-0.2, 0) is 9.59 Å². The molecule has 0 aromatic heterocycles. The summed E-state index contributed by atoms with van der Waals surface area (Å²) in [6, 6.07) is 18.4. The molecule has 3 aromatic rings. The third-order valence-electron chi connectivity index (χ3n) is 5.26. The number of halogens is 1. The van der Waals surface area contributed by atoms with Crippen molar-refractivity contribution >= 4 is 63.5 Å². The van der Waals surface area contributed by atoms with Crippen LogP contribution < -0.4 is 15.0 Å². The summed E-state index contributed by atoms with van der Waals surface area (Å²) in [7, 11) is 1.56. The molecule has 0 radical (unpaired) electrons. The number of carbonyl (C=O) groups excluding carboxylic acids is 2. The minimum Gasteiger partial charge on any atom is -0.508 e. The zero-order chi connectivity index (χ0) is 24.5. The second-order valence-corrected chi connectivity index (χ2v) is 8.96. The molecule has 1 fully saturated rings. The van der Waals surface area contributed by atoms with Crippen LogP contribution in [0, 0.1) is 0 Å². The molecule has 0 atom stereocenters. The number of thioether (sulfide) groups is 1. The standard InChI is InChI=1S/C25H17ClN4O4S/c1-34-18-9-5-16(6-10-18)30-24(33)21(12-14-2-7-17(31)8-3-14)35-25(30)29-28-22-19-13-15(26)4-11-20(19)27-23(22)32/h2-13,31H,1H3,(H,27,28,32). The number of phenolic OH excluding ortho intramolecular Hbond substituents is 1. The van der Waals surface area contributed by atoms with Crippen LogP contribution in [0.3, 0.4) is 0 Å². The highest BCUT2D eigenvalue weighted by Gasteiger charge is 2.35. The first kappa shape index (κ1) is 22.7. The molecular formula is C25H17ClN4O4S. The van der Waals surface area contributed by atoms with E-state index in [4.69, 9.17) is 16.3 Å². The van der Waals surface area contributed by atoms with E-state index < -0.39 is 5.91 Å². The molecule has 0 saturated carbocycles. The summed E-state index contributed by atoms with van der Waals surface area (Å²) in [6.45, 7) is 0. The quantitative estimate of drug-likeness (QED) is 0.389. The fraction of sp³-hybridized carbons (Fsp3) is 0.0400. The Bertz CT molecular complexity index is 1430. The number of amidine groups is 1. The van der Waals surface area contributed by atoms with Crippen molar-refractivity contribution in [2.75, 3.05) is 17.3 Å². The number of rotatable bonds is 4. The van der Waals surface area contributed by atoms with E-state index in [1.54, 1.807) is 79.9 Å².